The molecule has 0 saturated carbocycles. The molecular formula is C14H9Cl2FO2S. The Hall–Kier alpha value is -1.23. The van der Waals surface area contributed by atoms with Crippen LogP contribution in [0.4, 0.5) is 4.39 Å². The zero-order valence-corrected chi connectivity index (χ0v) is 12.4. The topological polar surface area (TPSA) is 37.3 Å². The number of carbonyl (C=O) groups is 1. The largest absolute Gasteiger partial charge is 0.478 e. The monoisotopic (exact) mass is 330 g/mol. The van der Waals surface area contributed by atoms with Crippen LogP contribution >= 0.6 is 35.0 Å². The molecule has 0 fully saturated rings. The number of carboxylic acid groups (broad SMARTS) is 1. The Morgan fingerprint density at radius 1 is 1.15 bits per heavy atom. The minimum atomic E-state index is -1.07. The molecule has 0 spiro atoms. The van der Waals surface area contributed by atoms with Crippen LogP contribution < -0.4 is 0 Å². The Bertz CT molecular complexity index is 662. The molecule has 0 bridgehead atoms. The zero-order chi connectivity index (χ0) is 14.7. The lowest BCUT2D eigenvalue weighted by molar-refractivity contribution is 0.0696. The molecule has 0 aromatic heterocycles. The minimum Gasteiger partial charge on any atom is -0.478 e. The van der Waals surface area contributed by atoms with E-state index in [4.69, 9.17) is 28.3 Å². The van der Waals surface area contributed by atoms with Gasteiger partial charge < -0.3 is 5.11 Å². The van der Waals surface area contributed by atoms with Gasteiger partial charge in [-0.05, 0) is 42.0 Å². The second-order valence-corrected chi connectivity index (χ2v) is 5.83. The van der Waals surface area contributed by atoms with Crippen molar-refractivity contribution in [3.63, 3.8) is 0 Å². The Kier molecular flexibility index (Phi) is 4.91. The molecule has 6 heteroatoms. The van der Waals surface area contributed by atoms with Crippen LogP contribution in [0.25, 0.3) is 0 Å². The van der Waals surface area contributed by atoms with E-state index in [0.29, 0.717) is 21.4 Å². The number of hydrogen-bond donors (Lipinski definition) is 1. The summed E-state index contributed by atoms with van der Waals surface area (Å²) in [5, 5.41) is 9.94. The first-order valence-electron chi connectivity index (χ1n) is 5.57. The smallest absolute Gasteiger partial charge is 0.335 e. The summed E-state index contributed by atoms with van der Waals surface area (Å²) >= 11 is 13.1. The van der Waals surface area contributed by atoms with Crippen LogP contribution in [0.15, 0.2) is 41.3 Å². The molecule has 0 aliphatic heterocycles. The third kappa shape index (κ3) is 3.66. The zero-order valence-electron chi connectivity index (χ0n) is 10.1. The van der Waals surface area contributed by atoms with Gasteiger partial charge in [-0.3, -0.25) is 0 Å². The maximum atomic E-state index is 13.2. The molecule has 2 aromatic rings. The molecule has 0 saturated heterocycles. The molecule has 0 aliphatic rings. The van der Waals surface area contributed by atoms with Crippen molar-refractivity contribution in [2.75, 3.05) is 0 Å². The second kappa shape index (κ2) is 6.48. The minimum absolute atomic E-state index is 0.0963. The number of hydrogen-bond acceptors (Lipinski definition) is 2. The number of thioether (sulfide) groups is 1. The van der Waals surface area contributed by atoms with Crippen LogP contribution in [0.2, 0.25) is 10.0 Å². The van der Waals surface area contributed by atoms with E-state index in [1.807, 2.05) is 0 Å². The molecule has 0 radical (unpaired) electrons. The normalized spacial score (nSPS) is 10.6. The average Bonchev–Trinajstić information content (AvgIpc) is 2.40. The van der Waals surface area contributed by atoms with Crippen LogP contribution in [-0.4, -0.2) is 11.1 Å². The summed E-state index contributed by atoms with van der Waals surface area (Å²) in [6.45, 7) is 0. The quantitative estimate of drug-likeness (QED) is 0.790. The SMILES string of the molecule is O=C(O)c1ccc(F)cc1CSc1ccc(Cl)c(Cl)c1. The van der Waals surface area contributed by atoms with Gasteiger partial charge in [-0.2, -0.15) is 0 Å². The van der Waals surface area contributed by atoms with Crippen molar-refractivity contribution < 1.29 is 14.3 Å². The lowest BCUT2D eigenvalue weighted by atomic mass is 10.1. The molecule has 1 N–H and O–H groups in total. The van der Waals surface area contributed by atoms with Gasteiger partial charge in [-0.1, -0.05) is 23.2 Å². The fraction of sp³-hybridized carbons (Fsp3) is 0.0714. The molecule has 2 rings (SSSR count). The Morgan fingerprint density at radius 3 is 2.55 bits per heavy atom. The number of aromatic carboxylic acids is 1. The van der Waals surface area contributed by atoms with Crippen LogP contribution in [0.1, 0.15) is 15.9 Å². The molecule has 0 unspecified atom stereocenters. The fourth-order valence-electron chi connectivity index (χ4n) is 1.62. The van der Waals surface area contributed by atoms with E-state index in [9.17, 15) is 9.18 Å². The summed E-state index contributed by atoms with van der Waals surface area (Å²) in [5.41, 5.74) is 0.521. The Labute approximate surface area is 129 Å². The Balaban J connectivity index is 2.20. The highest BCUT2D eigenvalue weighted by Gasteiger charge is 2.11. The van der Waals surface area contributed by atoms with E-state index >= 15 is 0 Å². The van der Waals surface area contributed by atoms with Crippen molar-refractivity contribution in [1.82, 2.24) is 0 Å². The van der Waals surface area contributed by atoms with Crippen molar-refractivity contribution in [2.45, 2.75) is 10.6 Å². The highest BCUT2D eigenvalue weighted by atomic mass is 35.5. The van der Waals surface area contributed by atoms with Crippen LogP contribution in [-0.2, 0) is 5.75 Å². The molecule has 104 valence electrons. The third-order valence-electron chi connectivity index (χ3n) is 2.58. The lowest BCUT2D eigenvalue weighted by Gasteiger charge is -2.07. The highest BCUT2D eigenvalue weighted by molar-refractivity contribution is 7.98. The first-order chi connectivity index (χ1) is 9.47. The van der Waals surface area contributed by atoms with Crippen LogP contribution in [0.3, 0.4) is 0 Å². The van der Waals surface area contributed by atoms with Crippen LogP contribution in [0.5, 0.6) is 0 Å². The van der Waals surface area contributed by atoms with E-state index in [1.165, 1.54) is 23.9 Å². The molecule has 0 aliphatic carbocycles. The standard InChI is InChI=1S/C14H9Cl2FO2S/c15-12-4-2-10(6-13(12)16)20-7-8-5-9(17)1-3-11(8)14(18)19/h1-6H,7H2,(H,18,19). The van der Waals surface area contributed by atoms with E-state index in [1.54, 1.807) is 18.2 Å². The first-order valence-corrected chi connectivity index (χ1v) is 7.31. The van der Waals surface area contributed by atoms with Crippen molar-refractivity contribution in [3.05, 3.63) is 63.4 Å². The number of halogens is 3. The summed E-state index contributed by atoms with van der Waals surface area (Å²) in [5.74, 6) is -1.20. The van der Waals surface area contributed by atoms with Gasteiger partial charge in [0, 0.05) is 10.6 Å². The molecule has 2 aromatic carbocycles. The third-order valence-corrected chi connectivity index (χ3v) is 4.36. The summed E-state index contributed by atoms with van der Waals surface area (Å²) in [6, 6.07) is 8.76. The number of rotatable bonds is 4. The van der Waals surface area contributed by atoms with Gasteiger partial charge in [0.1, 0.15) is 5.82 Å². The number of carboxylic acids is 1. The average molecular weight is 331 g/mol. The lowest BCUT2D eigenvalue weighted by Crippen LogP contribution is -2.02. The van der Waals surface area contributed by atoms with E-state index in [0.717, 1.165) is 11.0 Å². The fourth-order valence-corrected chi connectivity index (χ4v) is 2.91. The van der Waals surface area contributed by atoms with Crippen molar-refractivity contribution in [2.24, 2.45) is 0 Å². The predicted octanol–water partition coefficient (Wildman–Crippen LogP) is 5.12. The van der Waals surface area contributed by atoms with Crippen molar-refractivity contribution in [1.29, 1.82) is 0 Å². The van der Waals surface area contributed by atoms with Gasteiger partial charge in [0.05, 0.1) is 15.6 Å². The maximum absolute atomic E-state index is 13.2. The highest BCUT2D eigenvalue weighted by Crippen LogP contribution is 2.30. The Morgan fingerprint density at radius 2 is 1.90 bits per heavy atom. The van der Waals surface area contributed by atoms with Crippen molar-refractivity contribution >= 4 is 40.9 Å². The summed E-state index contributed by atoms with van der Waals surface area (Å²) in [4.78, 5) is 11.9. The van der Waals surface area contributed by atoms with E-state index in [-0.39, 0.29) is 5.56 Å². The molecule has 2 nitrogen and oxygen atoms in total. The van der Waals surface area contributed by atoms with Gasteiger partial charge >= 0.3 is 5.97 Å². The first kappa shape index (κ1) is 15.2. The molecule has 0 amide bonds. The second-order valence-electron chi connectivity index (χ2n) is 3.97. The number of benzene rings is 2. The summed E-state index contributed by atoms with van der Waals surface area (Å²) in [6.07, 6.45) is 0. The van der Waals surface area contributed by atoms with Gasteiger partial charge in [0.15, 0.2) is 0 Å². The maximum Gasteiger partial charge on any atom is 0.335 e. The van der Waals surface area contributed by atoms with Gasteiger partial charge in [0.2, 0.25) is 0 Å². The molecule has 20 heavy (non-hydrogen) atoms. The van der Waals surface area contributed by atoms with Crippen molar-refractivity contribution in [3.8, 4) is 0 Å². The van der Waals surface area contributed by atoms with Gasteiger partial charge in [0.25, 0.3) is 0 Å². The molecule has 0 atom stereocenters. The van der Waals surface area contributed by atoms with E-state index < -0.39 is 11.8 Å². The van der Waals surface area contributed by atoms with Gasteiger partial charge in [-0.15, -0.1) is 11.8 Å². The predicted molar refractivity (Wildman–Crippen MR) is 79.4 cm³/mol. The summed E-state index contributed by atoms with van der Waals surface area (Å²) < 4.78 is 13.2. The molecular weight excluding hydrogens is 322 g/mol. The molecule has 0 heterocycles. The van der Waals surface area contributed by atoms with Crippen LogP contribution in [0, 0.1) is 5.82 Å². The van der Waals surface area contributed by atoms with Gasteiger partial charge in [-0.25, -0.2) is 9.18 Å². The van der Waals surface area contributed by atoms with E-state index in [2.05, 4.69) is 0 Å². The summed E-state index contributed by atoms with van der Waals surface area (Å²) in [7, 11) is 0.